The number of carbonyl (C=O) groups is 1. The SMILES string of the molecule is CCCCN(CC(=O)Nc1ccc(C)cc1N)C1CC1. The fourth-order valence-electron chi connectivity index (χ4n) is 2.36. The second kappa shape index (κ2) is 6.75. The molecule has 1 aromatic rings. The molecule has 110 valence electrons. The molecule has 3 N–H and O–H groups in total. The Morgan fingerprint density at radius 2 is 2.20 bits per heavy atom. The zero-order chi connectivity index (χ0) is 14.5. The minimum absolute atomic E-state index is 0.0311. The summed E-state index contributed by atoms with van der Waals surface area (Å²) in [5, 5.41) is 2.92. The molecule has 0 heterocycles. The van der Waals surface area contributed by atoms with Gasteiger partial charge in [0, 0.05) is 6.04 Å². The summed E-state index contributed by atoms with van der Waals surface area (Å²) in [4.78, 5) is 14.4. The summed E-state index contributed by atoms with van der Waals surface area (Å²) in [6.45, 7) is 5.65. The van der Waals surface area contributed by atoms with Gasteiger partial charge in [0.05, 0.1) is 17.9 Å². The van der Waals surface area contributed by atoms with Crippen molar-refractivity contribution in [3.05, 3.63) is 23.8 Å². The topological polar surface area (TPSA) is 58.4 Å². The molecular formula is C16H25N3O. The van der Waals surface area contributed by atoms with E-state index in [4.69, 9.17) is 5.73 Å². The Morgan fingerprint density at radius 3 is 2.80 bits per heavy atom. The molecule has 1 fully saturated rings. The van der Waals surface area contributed by atoms with E-state index >= 15 is 0 Å². The Hall–Kier alpha value is -1.55. The molecule has 1 aliphatic carbocycles. The van der Waals surface area contributed by atoms with Gasteiger partial charge in [0.25, 0.3) is 0 Å². The van der Waals surface area contributed by atoms with Crippen LogP contribution < -0.4 is 11.1 Å². The number of hydrogen-bond acceptors (Lipinski definition) is 3. The van der Waals surface area contributed by atoms with Gasteiger partial charge in [-0.15, -0.1) is 0 Å². The van der Waals surface area contributed by atoms with E-state index in [2.05, 4.69) is 17.1 Å². The van der Waals surface area contributed by atoms with Crippen molar-refractivity contribution in [2.24, 2.45) is 0 Å². The van der Waals surface area contributed by atoms with Gasteiger partial charge in [-0.3, -0.25) is 9.69 Å². The maximum Gasteiger partial charge on any atom is 0.238 e. The van der Waals surface area contributed by atoms with Crippen LogP contribution in [0.1, 0.15) is 38.2 Å². The molecule has 1 aliphatic rings. The van der Waals surface area contributed by atoms with Crippen molar-refractivity contribution in [3.63, 3.8) is 0 Å². The van der Waals surface area contributed by atoms with Crippen LogP contribution in [-0.2, 0) is 4.79 Å². The molecule has 4 nitrogen and oxygen atoms in total. The lowest BCUT2D eigenvalue weighted by Crippen LogP contribution is -2.35. The number of carbonyl (C=O) groups excluding carboxylic acids is 1. The lowest BCUT2D eigenvalue weighted by Gasteiger charge is -2.21. The van der Waals surface area contributed by atoms with Gasteiger partial charge in [-0.25, -0.2) is 0 Å². The van der Waals surface area contributed by atoms with E-state index in [0.717, 1.165) is 24.9 Å². The first-order chi connectivity index (χ1) is 9.60. The van der Waals surface area contributed by atoms with Crippen molar-refractivity contribution in [1.29, 1.82) is 0 Å². The molecule has 20 heavy (non-hydrogen) atoms. The lowest BCUT2D eigenvalue weighted by molar-refractivity contribution is -0.117. The summed E-state index contributed by atoms with van der Waals surface area (Å²) < 4.78 is 0. The molecule has 1 aromatic carbocycles. The zero-order valence-corrected chi connectivity index (χ0v) is 12.5. The zero-order valence-electron chi connectivity index (χ0n) is 12.5. The number of hydrogen-bond donors (Lipinski definition) is 2. The largest absolute Gasteiger partial charge is 0.397 e. The van der Waals surface area contributed by atoms with E-state index in [1.165, 1.54) is 12.8 Å². The first-order valence-corrected chi connectivity index (χ1v) is 7.50. The molecule has 4 heteroatoms. The molecule has 2 rings (SSSR count). The van der Waals surface area contributed by atoms with Gasteiger partial charge >= 0.3 is 0 Å². The van der Waals surface area contributed by atoms with E-state index in [1.54, 1.807) is 0 Å². The Balaban J connectivity index is 1.90. The smallest absolute Gasteiger partial charge is 0.238 e. The molecule has 0 saturated heterocycles. The number of nitrogens with one attached hydrogen (secondary N) is 1. The predicted molar refractivity (Wildman–Crippen MR) is 83.7 cm³/mol. The van der Waals surface area contributed by atoms with Crippen molar-refractivity contribution in [1.82, 2.24) is 4.90 Å². The average molecular weight is 275 g/mol. The average Bonchev–Trinajstić information content (AvgIpc) is 3.22. The number of amides is 1. The van der Waals surface area contributed by atoms with Crippen molar-refractivity contribution in [3.8, 4) is 0 Å². The standard InChI is InChI=1S/C16H25N3O/c1-3-4-9-19(13-6-7-13)11-16(20)18-15-8-5-12(2)10-14(15)17/h5,8,10,13H,3-4,6-7,9,11,17H2,1-2H3,(H,18,20). The second-order valence-electron chi connectivity index (χ2n) is 5.69. The predicted octanol–water partition coefficient (Wildman–Crippen LogP) is 2.78. The Kier molecular flexibility index (Phi) is 5.01. The van der Waals surface area contributed by atoms with Crippen molar-refractivity contribution in [2.75, 3.05) is 24.1 Å². The van der Waals surface area contributed by atoms with Crippen LogP contribution >= 0.6 is 0 Å². The summed E-state index contributed by atoms with van der Waals surface area (Å²) in [5.41, 5.74) is 8.37. The highest BCUT2D eigenvalue weighted by Crippen LogP contribution is 2.27. The third-order valence-electron chi connectivity index (χ3n) is 3.69. The van der Waals surface area contributed by atoms with Crippen LogP contribution in [0.5, 0.6) is 0 Å². The summed E-state index contributed by atoms with van der Waals surface area (Å²) in [6, 6.07) is 6.33. The van der Waals surface area contributed by atoms with Gasteiger partial charge in [-0.2, -0.15) is 0 Å². The maximum atomic E-state index is 12.1. The van der Waals surface area contributed by atoms with Crippen LogP contribution in [0.4, 0.5) is 11.4 Å². The normalized spacial score (nSPS) is 14.6. The van der Waals surface area contributed by atoms with Crippen molar-refractivity contribution >= 4 is 17.3 Å². The van der Waals surface area contributed by atoms with Gasteiger partial charge in [0.15, 0.2) is 0 Å². The molecule has 1 saturated carbocycles. The number of anilines is 2. The highest BCUT2D eigenvalue weighted by Gasteiger charge is 2.29. The van der Waals surface area contributed by atoms with Gasteiger partial charge in [0.1, 0.15) is 0 Å². The lowest BCUT2D eigenvalue weighted by atomic mass is 10.2. The number of nitrogens with zero attached hydrogens (tertiary/aromatic N) is 1. The van der Waals surface area contributed by atoms with E-state index in [1.807, 2.05) is 25.1 Å². The van der Waals surface area contributed by atoms with Gasteiger partial charge < -0.3 is 11.1 Å². The van der Waals surface area contributed by atoms with Crippen molar-refractivity contribution in [2.45, 2.75) is 45.6 Å². The summed E-state index contributed by atoms with van der Waals surface area (Å²) in [6.07, 6.45) is 4.76. The van der Waals surface area contributed by atoms with Crippen LogP contribution in [0.3, 0.4) is 0 Å². The second-order valence-corrected chi connectivity index (χ2v) is 5.69. The number of aryl methyl sites for hydroxylation is 1. The Labute approximate surface area is 121 Å². The molecular weight excluding hydrogens is 250 g/mol. The molecule has 0 bridgehead atoms. The first kappa shape index (κ1) is 14.9. The number of unbranched alkanes of at least 4 members (excludes halogenated alkanes) is 1. The van der Waals surface area contributed by atoms with Gasteiger partial charge in [-0.1, -0.05) is 19.4 Å². The highest BCUT2D eigenvalue weighted by atomic mass is 16.2. The highest BCUT2D eigenvalue weighted by molar-refractivity contribution is 5.95. The van der Waals surface area contributed by atoms with E-state index in [0.29, 0.717) is 24.0 Å². The molecule has 0 spiro atoms. The molecule has 0 radical (unpaired) electrons. The summed E-state index contributed by atoms with van der Waals surface area (Å²) >= 11 is 0. The molecule has 0 aromatic heterocycles. The van der Waals surface area contributed by atoms with Crippen LogP contribution in [0.15, 0.2) is 18.2 Å². The summed E-state index contributed by atoms with van der Waals surface area (Å²) in [7, 11) is 0. The van der Waals surface area contributed by atoms with E-state index < -0.39 is 0 Å². The molecule has 0 aliphatic heterocycles. The Bertz CT molecular complexity index is 469. The van der Waals surface area contributed by atoms with Crippen LogP contribution in [0, 0.1) is 6.92 Å². The van der Waals surface area contributed by atoms with E-state index in [9.17, 15) is 4.79 Å². The van der Waals surface area contributed by atoms with Crippen molar-refractivity contribution < 1.29 is 4.79 Å². The van der Waals surface area contributed by atoms with Crippen LogP contribution in [-0.4, -0.2) is 29.9 Å². The first-order valence-electron chi connectivity index (χ1n) is 7.50. The quantitative estimate of drug-likeness (QED) is 0.752. The fourth-order valence-corrected chi connectivity index (χ4v) is 2.36. The maximum absolute atomic E-state index is 12.1. The monoisotopic (exact) mass is 275 g/mol. The van der Waals surface area contributed by atoms with Gasteiger partial charge in [-0.05, 0) is 50.4 Å². The molecule has 0 atom stereocenters. The molecule has 1 amide bonds. The van der Waals surface area contributed by atoms with Crippen LogP contribution in [0.2, 0.25) is 0 Å². The minimum atomic E-state index is 0.0311. The minimum Gasteiger partial charge on any atom is -0.397 e. The molecule has 0 unspecified atom stereocenters. The fraction of sp³-hybridized carbons (Fsp3) is 0.562. The number of nitrogen functional groups attached to an aromatic ring is 1. The third kappa shape index (κ3) is 4.23. The summed E-state index contributed by atoms with van der Waals surface area (Å²) in [5.74, 6) is 0.0311. The number of nitrogens with two attached hydrogens (primary N) is 1. The number of benzene rings is 1. The van der Waals surface area contributed by atoms with E-state index in [-0.39, 0.29) is 5.91 Å². The Morgan fingerprint density at radius 1 is 1.45 bits per heavy atom. The van der Waals surface area contributed by atoms with Gasteiger partial charge in [0.2, 0.25) is 5.91 Å². The number of rotatable bonds is 7. The van der Waals surface area contributed by atoms with Crippen LogP contribution in [0.25, 0.3) is 0 Å². The third-order valence-corrected chi connectivity index (χ3v) is 3.69.